The van der Waals surface area contributed by atoms with Gasteiger partial charge in [-0.3, -0.25) is 4.99 Å². The molecule has 3 aliphatic rings. The van der Waals surface area contributed by atoms with Gasteiger partial charge in [-0.15, -0.1) is 0 Å². The molecule has 130 valence electrons. The minimum Gasteiger partial charge on any atom is -0.493 e. The van der Waals surface area contributed by atoms with Crippen LogP contribution in [-0.4, -0.2) is 24.0 Å². The van der Waals surface area contributed by atoms with E-state index < -0.39 is 0 Å². The van der Waals surface area contributed by atoms with Crippen LogP contribution in [0.1, 0.15) is 70.1 Å². The zero-order valence-corrected chi connectivity index (χ0v) is 15.7. The smallest absolute Gasteiger partial charge is 0.166 e. The van der Waals surface area contributed by atoms with Crippen LogP contribution in [0.3, 0.4) is 0 Å². The van der Waals surface area contributed by atoms with Crippen LogP contribution in [0.2, 0.25) is 0 Å². The van der Waals surface area contributed by atoms with Crippen molar-refractivity contribution in [1.82, 2.24) is 0 Å². The predicted molar refractivity (Wildman–Crippen MR) is 97.7 cm³/mol. The SMILES string of the molecule is COc1cc2c(c3c1OC(C)(C)C3)C(C1CCCC1)=NC(C)(C)C2. The molecule has 1 fully saturated rings. The molecule has 0 aromatic heterocycles. The van der Waals surface area contributed by atoms with E-state index in [9.17, 15) is 0 Å². The molecular weight excluding hydrogens is 298 g/mol. The normalized spacial score (nSPS) is 24.1. The van der Waals surface area contributed by atoms with E-state index in [1.165, 1.54) is 48.1 Å². The number of hydrogen-bond donors (Lipinski definition) is 0. The molecule has 0 spiro atoms. The summed E-state index contributed by atoms with van der Waals surface area (Å²) in [5.74, 6) is 2.45. The first-order valence-electron chi connectivity index (χ1n) is 9.31. The Morgan fingerprint density at radius 2 is 1.83 bits per heavy atom. The van der Waals surface area contributed by atoms with Crippen LogP contribution in [0.15, 0.2) is 11.1 Å². The molecule has 3 heteroatoms. The second-order valence-electron chi connectivity index (χ2n) is 8.93. The van der Waals surface area contributed by atoms with Crippen molar-refractivity contribution in [2.24, 2.45) is 10.9 Å². The van der Waals surface area contributed by atoms with Crippen LogP contribution >= 0.6 is 0 Å². The maximum absolute atomic E-state index is 6.27. The third kappa shape index (κ3) is 2.53. The molecule has 0 atom stereocenters. The van der Waals surface area contributed by atoms with Crippen LogP contribution in [0.5, 0.6) is 11.5 Å². The van der Waals surface area contributed by atoms with Crippen molar-refractivity contribution in [3.8, 4) is 11.5 Å². The van der Waals surface area contributed by atoms with Crippen LogP contribution < -0.4 is 9.47 Å². The number of aliphatic imine (C=N–C) groups is 1. The van der Waals surface area contributed by atoms with E-state index in [1.807, 2.05) is 0 Å². The fraction of sp³-hybridized carbons (Fsp3) is 0.667. The summed E-state index contributed by atoms with van der Waals surface area (Å²) in [6, 6.07) is 2.21. The van der Waals surface area contributed by atoms with Crippen molar-refractivity contribution in [2.75, 3.05) is 7.11 Å². The molecule has 1 aromatic carbocycles. The Bertz CT molecular complexity index is 709. The summed E-state index contributed by atoms with van der Waals surface area (Å²) in [5.41, 5.74) is 5.27. The average molecular weight is 327 g/mol. The molecule has 0 unspecified atom stereocenters. The number of rotatable bonds is 2. The number of fused-ring (bicyclic) bond motifs is 3. The topological polar surface area (TPSA) is 30.8 Å². The highest BCUT2D eigenvalue weighted by Crippen LogP contribution is 2.48. The molecule has 4 rings (SSSR count). The maximum Gasteiger partial charge on any atom is 0.166 e. The fourth-order valence-corrected chi connectivity index (χ4v) is 4.76. The third-order valence-electron chi connectivity index (χ3n) is 5.67. The van der Waals surface area contributed by atoms with Crippen molar-refractivity contribution in [3.05, 3.63) is 22.8 Å². The monoisotopic (exact) mass is 327 g/mol. The summed E-state index contributed by atoms with van der Waals surface area (Å²) in [4.78, 5) is 5.24. The van der Waals surface area contributed by atoms with Crippen LogP contribution in [-0.2, 0) is 12.8 Å². The van der Waals surface area contributed by atoms with Gasteiger partial charge >= 0.3 is 0 Å². The Labute approximate surface area is 145 Å². The molecule has 24 heavy (non-hydrogen) atoms. The number of nitrogens with zero attached hydrogens (tertiary/aromatic N) is 1. The molecule has 1 saturated carbocycles. The average Bonchev–Trinajstić information content (AvgIpc) is 3.10. The first-order valence-corrected chi connectivity index (χ1v) is 9.31. The van der Waals surface area contributed by atoms with E-state index in [4.69, 9.17) is 14.5 Å². The summed E-state index contributed by atoms with van der Waals surface area (Å²) >= 11 is 0. The largest absolute Gasteiger partial charge is 0.493 e. The standard InChI is InChI=1S/C21H29NO2/c1-20(2)11-14-10-16(23-5)19-15(12-21(3,4)24-19)17(14)18(22-20)13-8-6-7-9-13/h10,13H,6-9,11-12H2,1-5H3. The van der Waals surface area contributed by atoms with Gasteiger partial charge in [0, 0.05) is 29.2 Å². The Morgan fingerprint density at radius 1 is 1.12 bits per heavy atom. The number of benzene rings is 1. The van der Waals surface area contributed by atoms with E-state index in [0.717, 1.165) is 24.3 Å². The van der Waals surface area contributed by atoms with Crippen molar-refractivity contribution >= 4 is 5.71 Å². The molecule has 1 aromatic rings. The highest BCUT2D eigenvalue weighted by molar-refractivity contribution is 6.07. The Balaban J connectivity index is 1.92. The molecule has 0 bridgehead atoms. The number of ether oxygens (including phenoxy) is 2. The molecule has 2 heterocycles. The van der Waals surface area contributed by atoms with E-state index in [2.05, 4.69) is 33.8 Å². The van der Waals surface area contributed by atoms with Gasteiger partial charge in [-0.05, 0) is 58.6 Å². The van der Waals surface area contributed by atoms with Gasteiger partial charge in [-0.25, -0.2) is 0 Å². The van der Waals surface area contributed by atoms with Crippen LogP contribution in [0.4, 0.5) is 0 Å². The van der Waals surface area contributed by atoms with Crippen molar-refractivity contribution < 1.29 is 9.47 Å². The minimum atomic E-state index is -0.168. The van der Waals surface area contributed by atoms with Crippen LogP contribution in [0.25, 0.3) is 0 Å². The first kappa shape index (κ1) is 16.0. The van der Waals surface area contributed by atoms with E-state index in [-0.39, 0.29) is 11.1 Å². The van der Waals surface area contributed by atoms with Gasteiger partial charge in [-0.2, -0.15) is 0 Å². The van der Waals surface area contributed by atoms with Gasteiger partial charge in [0.05, 0.1) is 12.6 Å². The van der Waals surface area contributed by atoms with Gasteiger partial charge in [0.15, 0.2) is 11.5 Å². The fourth-order valence-electron chi connectivity index (χ4n) is 4.76. The molecule has 0 saturated heterocycles. The van der Waals surface area contributed by atoms with E-state index >= 15 is 0 Å². The quantitative estimate of drug-likeness (QED) is 0.787. The summed E-state index contributed by atoms with van der Waals surface area (Å²) < 4.78 is 11.9. The zero-order valence-electron chi connectivity index (χ0n) is 15.7. The van der Waals surface area contributed by atoms with E-state index in [0.29, 0.717) is 5.92 Å². The Kier molecular flexibility index (Phi) is 3.49. The molecule has 0 amide bonds. The predicted octanol–water partition coefficient (Wildman–Crippen LogP) is 4.72. The van der Waals surface area contributed by atoms with Gasteiger partial charge in [0.1, 0.15) is 5.60 Å². The van der Waals surface area contributed by atoms with Crippen molar-refractivity contribution in [1.29, 1.82) is 0 Å². The van der Waals surface area contributed by atoms with E-state index in [1.54, 1.807) is 7.11 Å². The Morgan fingerprint density at radius 3 is 2.50 bits per heavy atom. The molecule has 0 radical (unpaired) electrons. The molecule has 1 aliphatic carbocycles. The number of methoxy groups -OCH3 is 1. The molecule has 2 aliphatic heterocycles. The summed E-state index contributed by atoms with van der Waals surface area (Å²) in [6.07, 6.45) is 7.13. The lowest BCUT2D eigenvalue weighted by Crippen LogP contribution is -2.32. The lowest BCUT2D eigenvalue weighted by Gasteiger charge is -2.33. The van der Waals surface area contributed by atoms with Gasteiger partial charge in [0.2, 0.25) is 0 Å². The summed E-state index contributed by atoms with van der Waals surface area (Å²) in [6.45, 7) is 8.84. The maximum atomic E-state index is 6.27. The highest BCUT2D eigenvalue weighted by Gasteiger charge is 2.41. The highest BCUT2D eigenvalue weighted by atomic mass is 16.5. The Hall–Kier alpha value is -1.51. The second-order valence-corrected chi connectivity index (χ2v) is 8.93. The zero-order chi connectivity index (χ0) is 17.1. The number of hydrogen-bond acceptors (Lipinski definition) is 3. The lowest BCUT2D eigenvalue weighted by atomic mass is 9.79. The van der Waals surface area contributed by atoms with Gasteiger partial charge < -0.3 is 9.47 Å². The minimum absolute atomic E-state index is 0.0286. The lowest BCUT2D eigenvalue weighted by molar-refractivity contribution is 0.134. The van der Waals surface area contributed by atoms with Crippen LogP contribution in [0, 0.1) is 5.92 Å². The van der Waals surface area contributed by atoms with Gasteiger partial charge in [0.25, 0.3) is 0 Å². The summed E-state index contributed by atoms with van der Waals surface area (Å²) in [5, 5.41) is 0. The third-order valence-corrected chi connectivity index (χ3v) is 5.67. The summed E-state index contributed by atoms with van der Waals surface area (Å²) in [7, 11) is 1.75. The van der Waals surface area contributed by atoms with Crippen molar-refractivity contribution in [2.45, 2.75) is 77.4 Å². The second kappa shape index (κ2) is 5.24. The molecule has 0 N–H and O–H groups in total. The van der Waals surface area contributed by atoms with Crippen molar-refractivity contribution in [3.63, 3.8) is 0 Å². The molecular formula is C21H29NO2. The molecule has 3 nitrogen and oxygen atoms in total. The first-order chi connectivity index (χ1) is 11.3. The van der Waals surface area contributed by atoms with Gasteiger partial charge in [-0.1, -0.05) is 12.8 Å².